The number of hydrogen-bond donors (Lipinski definition) is 2. The van der Waals surface area contributed by atoms with Gasteiger partial charge >= 0.3 is 6.03 Å². The Balaban J connectivity index is 1.30. The molecule has 1 unspecified atom stereocenters. The van der Waals surface area contributed by atoms with Gasteiger partial charge in [-0.3, -0.25) is 9.83 Å². The first kappa shape index (κ1) is 34.0. The number of urea groups is 1. The van der Waals surface area contributed by atoms with Crippen molar-refractivity contribution in [2.45, 2.75) is 51.7 Å². The number of allylic oxidation sites excluding steroid dienone is 1. The van der Waals surface area contributed by atoms with Crippen molar-refractivity contribution < 1.29 is 27.9 Å². The molecule has 11 heteroatoms. The number of nitrogens with zero attached hydrogens (tertiary/aromatic N) is 3. The highest BCUT2D eigenvalue weighted by Crippen LogP contribution is 2.34. The zero-order valence-corrected chi connectivity index (χ0v) is 27.1. The van der Waals surface area contributed by atoms with E-state index in [4.69, 9.17) is 19.3 Å². The molecular weight excluding hydrogens is 592 g/mol. The Morgan fingerprint density at radius 1 is 1.09 bits per heavy atom. The predicted octanol–water partition coefficient (Wildman–Crippen LogP) is 5.25. The van der Waals surface area contributed by atoms with Crippen LogP contribution >= 0.6 is 0 Å². The van der Waals surface area contributed by atoms with Crippen molar-refractivity contribution in [3.8, 4) is 0 Å². The summed E-state index contributed by atoms with van der Waals surface area (Å²) in [6.45, 7) is 9.53. The Hall–Kier alpha value is -3.38. The van der Waals surface area contributed by atoms with E-state index >= 15 is 0 Å². The largest absolute Gasteiger partial charge is 0.474 e. The summed E-state index contributed by atoms with van der Waals surface area (Å²) in [7, 11) is 1.61. The molecule has 5 rings (SSSR count). The van der Waals surface area contributed by atoms with Gasteiger partial charge in [-0.25, -0.2) is 13.6 Å². The lowest BCUT2D eigenvalue weighted by atomic mass is 9.91. The first-order valence-electron chi connectivity index (χ1n) is 16.4. The van der Waals surface area contributed by atoms with Crippen LogP contribution in [0.4, 0.5) is 13.6 Å². The van der Waals surface area contributed by atoms with Gasteiger partial charge in [0.25, 0.3) is 0 Å². The van der Waals surface area contributed by atoms with E-state index in [2.05, 4.69) is 34.6 Å². The summed E-state index contributed by atoms with van der Waals surface area (Å²) in [5, 5.41) is 7.96. The predicted molar refractivity (Wildman–Crippen MR) is 173 cm³/mol. The van der Waals surface area contributed by atoms with Gasteiger partial charge in [0.15, 0.2) is 11.6 Å². The first-order chi connectivity index (χ1) is 22.3. The highest BCUT2D eigenvalue weighted by molar-refractivity contribution is 5.95. The smallest absolute Gasteiger partial charge is 0.319 e. The molecule has 2 amide bonds. The Bertz CT molecular complexity index is 1370. The zero-order chi connectivity index (χ0) is 32.5. The van der Waals surface area contributed by atoms with Crippen LogP contribution in [0.25, 0.3) is 0 Å². The van der Waals surface area contributed by atoms with E-state index in [0.29, 0.717) is 37.7 Å². The van der Waals surface area contributed by atoms with E-state index in [1.807, 2.05) is 25.1 Å². The second kappa shape index (κ2) is 16.4. The third-order valence-electron chi connectivity index (χ3n) is 9.17. The van der Waals surface area contributed by atoms with Crippen molar-refractivity contribution in [1.29, 1.82) is 0 Å². The van der Waals surface area contributed by atoms with Crippen LogP contribution in [0.5, 0.6) is 0 Å². The van der Waals surface area contributed by atoms with Gasteiger partial charge in [0.05, 0.1) is 6.61 Å². The number of nitrogens with one attached hydrogen (secondary N) is 2. The van der Waals surface area contributed by atoms with Crippen molar-refractivity contribution in [3.05, 3.63) is 82.6 Å². The fourth-order valence-electron chi connectivity index (χ4n) is 6.50. The Morgan fingerprint density at radius 2 is 1.87 bits per heavy atom. The van der Waals surface area contributed by atoms with Crippen LogP contribution in [0.15, 0.2) is 64.8 Å². The number of carbonyl (C=O) groups excluding carboxylic acids is 1. The van der Waals surface area contributed by atoms with E-state index in [0.717, 1.165) is 68.7 Å². The molecule has 0 aliphatic carbocycles. The number of ether oxygens (including phenoxy) is 2. The normalized spacial score (nSPS) is 23.2. The maximum absolute atomic E-state index is 14.1. The van der Waals surface area contributed by atoms with Gasteiger partial charge in [-0.15, -0.1) is 0 Å². The molecule has 2 N–H and O–H groups in total. The van der Waals surface area contributed by atoms with Crippen LogP contribution in [0.3, 0.4) is 0 Å². The molecule has 250 valence electrons. The number of carbonyl (C=O) groups is 1. The van der Waals surface area contributed by atoms with Crippen LogP contribution < -0.4 is 10.6 Å². The van der Waals surface area contributed by atoms with Gasteiger partial charge in [-0.05, 0) is 62.4 Å². The number of halogens is 2. The van der Waals surface area contributed by atoms with E-state index in [1.165, 1.54) is 11.6 Å². The SMILES string of the molecule is CCN1CCC(OC2=NCCC(Cc3ccccc3)C(NC(=O)NC[C@@H]3CN(CCOC)O[C@H]3c3ccc(F)c(F)c3)=C2C)CC1. The number of hydrogen-bond acceptors (Lipinski definition) is 7. The Kier molecular flexibility index (Phi) is 12.1. The molecule has 0 spiro atoms. The maximum Gasteiger partial charge on any atom is 0.319 e. The summed E-state index contributed by atoms with van der Waals surface area (Å²) < 4.78 is 39.5. The standard InChI is InChI=1S/C35H47F2N5O4/c1-4-41-16-13-29(14-17-41)45-34-24(2)32(26(12-15-38-34)20-25-8-6-5-7-9-25)40-35(43)39-22-28-23-42(18-19-44-3)46-33(28)27-10-11-30(36)31(37)21-27/h5-11,21,26,28-29,33H,4,12-20,22-23H2,1-3H3,(H2,39,40,43)/t26?,28-,33+/m1/s1. The van der Waals surface area contributed by atoms with Gasteiger partial charge in [0.1, 0.15) is 12.2 Å². The molecule has 3 aliphatic heterocycles. The highest BCUT2D eigenvalue weighted by atomic mass is 19.2. The molecule has 0 bridgehead atoms. The molecule has 0 aromatic heterocycles. The molecule has 46 heavy (non-hydrogen) atoms. The molecule has 2 aromatic rings. The Labute approximate surface area is 270 Å². The van der Waals surface area contributed by atoms with Crippen molar-refractivity contribution in [2.24, 2.45) is 16.8 Å². The van der Waals surface area contributed by atoms with Crippen LogP contribution in [0, 0.1) is 23.5 Å². The summed E-state index contributed by atoms with van der Waals surface area (Å²) >= 11 is 0. The lowest BCUT2D eigenvalue weighted by Crippen LogP contribution is -2.41. The fraction of sp³-hybridized carbons (Fsp3) is 0.543. The summed E-state index contributed by atoms with van der Waals surface area (Å²) in [4.78, 5) is 26.9. The molecule has 2 aromatic carbocycles. The number of rotatable bonds is 11. The molecule has 0 saturated carbocycles. The van der Waals surface area contributed by atoms with Crippen LogP contribution in [0.2, 0.25) is 0 Å². The molecule has 0 radical (unpaired) electrons. The van der Waals surface area contributed by atoms with Crippen LogP contribution in [-0.4, -0.2) is 87.5 Å². The van der Waals surface area contributed by atoms with Gasteiger partial charge in [-0.1, -0.05) is 43.3 Å². The van der Waals surface area contributed by atoms with E-state index in [9.17, 15) is 13.6 Å². The maximum atomic E-state index is 14.1. The van der Waals surface area contributed by atoms with Crippen molar-refractivity contribution in [3.63, 3.8) is 0 Å². The lowest BCUT2D eigenvalue weighted by molar-refractivity contribution is -0.155. The second-order valence-corrected chi connectivity index (χ2v) is 12.3. The van der Waals surface area contributed by atoms with Gasteiger partial charge in [0, 0.05) is 69.5 Å². The van der Waals surface area contributed by atoms with Crippen molar-refractivity contribution >= 4 is 11.9 Å². The topological polar surface area (TPSA) is 87.7 Å². The lowest BCUT2D eigenvalue weighted by Gasteiger charge is -2.31. The quantitative estimate of drug-likeness (QED) is 0.350. The number of hydroxylamine groups is 2. The van der Waals surface area contributed by atoms with E-state index < -0.39 is 17.7 Å². The summed E-state index contributed by atoms with van der Waals surface area (Å²) in [5.74, 6) is -1.41. The summed E-state index contributed by atoms with van der Waals surface area (Å²) in [6, 6.07) is 13.7. The minimum absolute atomic E-state index is 0.0363. The highest BCUT2D eigenvalue weighted by Gasteiger charge is 2.36. The minimum atomic E-state index is -0.934. The number of methoxy groups -OCH3 is 1. The number of likely N-dealkylation sites (tertiary alicyclic amines) is 1. The van der Waals surface area contributed by atoms with Gasteiger partial charge < -0.3 is 25.0 Å². The molecule has 3 atom stereocenters. The molecule has 9 nitrogen and oxygen atoms in total. The molecule has 2 saturated heterocycles. The minimum Gasteiger partial charge on any atom is -0.474 e. The fourth-order valence-corrected chi connectivity index (χ4v) is 6.50. The van der Waals surface area contributed by atoms with Crippen molar-refractivity contribution in [2.75, 3.05) is 59.5 Å². The summed E-state index contributed by atoms with van der Waals surface area (Å²) in [5.41, 5.74) is 3.36. The number of piperidine rings is 1. The first-order valence-corrected chi connectivity index (χ1v) is 16.4. The van der Waals surface area contributed by atoms with Crippen molar-refractivity contribution in [1.82, 2.24) is 20.6 Å². The average molecular weight is 640 g/mol. The average Bonchev–Trinajstić information content (AvgIpc) is 3.43. The van der Waals surface area contributed by atoms with E-state index in [-0.39, 0.29) is 30.5 Å². The second-order valence-electron chi connectivity index (χ2n) is 12.3. The number of benzene rings is 2. The van der Waals surface area contributed by atoms with Crippen LogP contribution in [0.1, 0.15) is 50.3 Å². The number of aliphatic imine (C=N–C) groups is 1. The van der Waals surface area contributed by atoms with Gasteiger partial charge in [0.2, 0.25) is 5.90 Å². The Morgan fingerprint density at radius 3 is 2.59 bits per heavy atom. The molecule has 3 aliphatic rings. The molecular formula is C35H47F2N5O4. The molecule has 3 heterocycles. The number of amides is 2. The van der Waals surface area contributed by atoms with Gasteiger partial charge in [-0.2, -0.15) is 5.06 Å². The third-order valence-corrected chi connectivity index (χ3v) is 9.17. The summed E-state index contributed by atoms with van der Waals surface area (Å²) in [6.07, 6.45) is 2.96. The molecule has 2 fully saturated rings. The van der Waals surface area contributed by atoms with E-state index in [1.54, 1.807) is 12.2 Å². The monoisotopic (exact) mass is 639 g/mol. The third kappa shape index (κ3) is 8.90. The zero-order valence-electron chi connectivity index (χ0n) is 27.1. The van der Waals surface area contributed by atoms with Crippen LogP contribution in [-0.2, 0) is 20.7 Å².